The average Bonchev–Trinajstić information content (AvgIpc) is 3.14. The summed E-state index contributed by atoms with van der Waals surface area (Å²) in [5, 5.41) is 18.3. The molecule has 0 bridgehead atoms. The third-order valence-electron chi connectivity index (χ3n) is 9.11. The Morgan fingerprint density at radius 3 is 1.49 bits per heavy atom. The highest BCUT2D eigenvalue weighted by molar-refractivity contribution is 7.47. The number of rotatable bonds is 40. The fourth-order valence-electron chi connectivity index (χ4n) is 5.79. The maximum atomic E-state index is 12.6. The molecule has 0 aromatic carbocycles. The summed E-state index contributed by atoms with van der Waals surface area (Å²) in [6.45, 7) is 2.35. The molecule has 0 heterocycles. The second-order valence-corrected chi connectivity index (χ2v) is 15.8. The third kappa shape index (κ3) is 38.5. The molecule has 0 saturated heterocycles. The average molecular weight is 775 g/mol. The Morgan fingerprint density at radius 1 is 0.566 bits per heavy atom. The van der Waals surface area contributed by atoms with E-state index in [9.17, 15) is 24.2 Å². The zero-order valence-corrected chi connectivity index (χ0v) is 34.6. The summed E-state index contributed by atoms with van der Waals surface area (Å²) >= 11 is 0. The van der Waals surface area contributed by atoms with Gasteiger partial charge in [0.2, 0.25) is 0 Å². The number of hydrogen-bond acceptors (Lipinski definition) is 9. The molecule has 11 heteroatoms. The number of carbonyl (C=O) groups is 2. The molecule has 1 unspecified atom stereocenters. The smallest absolute Gasteiger partial charge is 0.462 e. The summed E-state index contributed by atoms with van der Waals surface area (Å²) in [5.74, 6) is -0.934. The fraction of sp³-hybridized carbons (Fsp3) is 0.857. The van der Waals surface area contributed by atoms with E-state index in [1.165, 1.54) is 89.9 Å². The number of ether oxygens (including phenoxy) is 2. The Morgan fingerprint density at radius 2 is 0.981 bits per heavy atom. The Hall–Kier alpha value is -1.55. The minimum atomic E-state index is -4.62. The SMILES string of the molecule is CCCCC/C=C/C/C=C/CCCCCCCC(=O)O[C@H](COC(=O)CCCCCCCCCCCCCCCCC)COP(=O)(O)OC[C@@H](O)CO. The van der Waals surface area contributed by atoms with Crippen molar-refractivity contribution in [3.05, 3.63) is 24.3 Å². The molecule has 0 aliphatic rings. The Balaban J connectivity index is 4.31. The molecule has 0 aromatic heterocycles. The number of phosphoric ester groups is 1. The Bertz CT molecular complexity index is 941. The molecule has 10 nitrogen and oxygen atoms in total. The molecule has 0 aliphatic carbocycles. The molecule has 0 aromatic rings. The number of hydrogen-bond donors (Lipinski definition) is 3. The summed E-state index contributed by atoms with van der Waals surface area (Å²) in [7, 11) is -4.62. The zero-order chi connectivity index (χ0) is 39.1. The van der Waals surface area contributed by atoms with Gasteiger partial charge in [0.1, 0.15) is 12.7 Å². The van der Waals surface area contributed by atoms with E-state index in [1.807, 2.05) is 0 Å². The number of phosphoric acid groups is 1. The van der Waals surface area contributed by atoms with Crippen LogP contribution in [0.15, 0.2) is 24.3 Å². The first-order chi connectivity index (χ1) is 25.7. The van der Waals surface area contributed by atoms with Gasteiger partial charge in [-0.2, -0.15) is 0 Å². The third-order valence-corrected chi connectivity index (χ3v) is 10.1. The number of allylic oxidation sites excluding steroid dienone is 4. The predicted octanol–water partition coefficient (Wildman–Crippen LogP) is 11.0. The van der Waals surface area contributed by atoms with Crippen LogP contribution < -0.4 is 0 Å². The lowest BCUT2D eigenvalue weighted by molar-refractivity contribution is -0.161. The van der Waals surface area contributed by atoms with Crippen LogP contribution in [0, 0.1) is 0 Å². The maximum Gasteiger partial charge on any atom is 0.472 e. The monoisotopic (exact) mass is 775 g/mol. The molecule has 0 aliphatic heterocycles. The summed E-state index contributed by atoms with van der Waals surface area (Å²) < 4.78 is 32.7. The second kappa shape index (κ2) is 38.7. The van der Waals surface area contributed by atoms with E-state index in [-0.39, 0.29) is 19.4 Å². The lowest BCUT2D eigenvalue weighted by Crippen LogP contribution is -2.29. The fourth-order valence-corrected chi connectivity index (χ4v) is 6.58. The molecule has 0 rings (SSSR count). The second-order valence-electron chi connectivity index (χ2n) is 14.4. The Kier molecular flexibility index (Phi) is 37.6. The van der Waals surface area contributed by atoms with Gasteiger partial charge in [-0.25, -0.2) is 4.57 Å². The topological polar surface area (TPSA) is 149 Å². The molecule has 53 heavy (non-hydrogen) atoms. The van der Waals surface area contributed by atoms with Gasteiger partial charge in [-0.1, -0.05) is 160 Å². The minimum Gasteiger partial charge on any atom is -0.462 e. The van der Waals surface area contributed by atoms with Crippen LogP contribution in [0.2, 0.25) is 0 Å². The lowest BCUT2D eigenvalue weighted by atomic mass is 10.0. The van der Waals surface area contributed by atoms with Crippen molar-refractivity contribution in [1.82, 2.24) is 0 Å². The van der Waals surface area contributed by atoms with E-state index in [4.69, 9.17) is 19.1 Å². The molecule has 0 fully saturated rings. The number of aliphatic hydroxyl groups is 2. The minimum absolute atomic E-state index is 0.171. The van der Waals surface area contributed by atoms with Crippen LogP contribution >= 0.6 is 7.82 Å². The normalized spacial score (nSPS) is 14.1. The molecule has 0 radical (unpaired) electrons. The van der Waals surface area contributed by atoms with Gasteiger partial charge in [0.15, 0.2) is 6.10 Å². The molecular weight excluding hydrogens is 695 g/mol. The lowest BCUT2D eigenvalue weighted by Gasteiger charge is -2.20. The molecule has 0 amide bonds. The molecular formula is C42H79O10P. The van der Waals surface area contributed by atoms with Crippen LogP contribution in [0.25, 0.3) is 0 Å². The van der Waals surface area contributed by atoms with Crippen LogP contribution in [-0.2, 0) is 32.7 Å². The number of esters is 2. The molecule has 312 valence electrons. The van der Waals surface area contributed by atoms with Gasteiger partial charge in [-0.3, -0.25) is 18.6 Å². The molecule has 3 atom stereocenters. The van der Waals surface area contributed by atoms with Crippen molar-refractivity contribution in [2.45, 2.75) is 206 Å². The van der Waals surface area contributed by atoms with Crippen molar-refractivity contribution in [3.8, 4) is 0 Å². The number of carbonyl (C=O) groups excluding carboxylic acids is 2. The van der Waals surface area contributed by atoms with E-state index in [2.05, 4.69) is 42.7 Å². The van der Waals surface area contributed by atoms with Crippen molar-refractivity contribution < 1.29 is 47.8 Å². The highest BCUT2D eigenvalue weighted by Crippen LogP contribution is 2.43. The van der Waals surface area contributed by atoms with Crippen LogP contribution in [0.5, 0.6) is 0 Å². The van der Waals surface area contributed by atoms with Gasteiger partial charge in [-0.05, 0) is 44.9 Å². The van der Waals surface area contributed by atoms with Crippen LogP contribution in [0.3, 0.4) is 0 Å². The van der Waals surface area contributed by atoms with Gasteiger partial charge in [0.25, 0.3) is 0 Å². The summed E-state index contributed by atoms with van der Waals surface area (Å²) in [5.41, 5.74) is 0. The van der Waals surface area contributed by atoms with Crippen molar-refractivity contribution in [2.24, 2.45) is 0 Å². The summed E-state index contributed by atoms with van der Waals surface area (Å²) in [4.78, 5) is 34.9. The van der Waals surface area contributed by atoms with Gasteiger partial charge < -0.3 is 24.6 Å². The largest absolute Gasteiger partial charge is 0.472 e. The quantitative estimate of drug-likeness (QED) is 0.0238. The highest BCUT2D eigenvalue weighted by atomic mass is 31.2. The zero-order valence-electron chi connectivity index (χ0n) is 33.7. The van der Waals surface area contributed by atoms with Crippen LogP contribution in [0.1, 0.15) is 194 Å². The van der Waals surface area contributed by atoms with E-state index < -0.39 is 51.8 Å². The van der Waals surface area contributed by atoms with E-state index in [0.29, 0.717) is 12.8 Å². The molecule has 3 N–H and O–H groups in total. The van der Waals surface area contributed by atoms with E-state index >= 15 is 0 Å². The standard InChI is InChI=1S/C42H79O10P/c1-3-5-7-9-11-13-15-17-19-21-23-25-27-29-31-33-41(45)49-37-40(38-51-53(47,48)50-36-39(44)35-43)52-42(46)34-32-30-28-26-24-22-20-18-16-14-12-10-8-6-4-2/h12,14,18,20,39-40,43-44H,3-11,13,15-17,19,21-38H2,1-2H3,(H,47,48)/b14-12+,20-18+/t39-,40+/m0/s1. The van der Waals surface area contributed by atoms with E-state index in [0.717, 1.165) is 64.2 Å². The maximum absolute atomic E-state index is 12.6. The van der Waals surface area contributed by atoms with Gasteiger partial charge >= 0.3 is 19.8 Å². The summed E-state index contributed by atoms with van der Waals surface area (Å²) in [6, 6.07) is 0. The van der Waals surface area contributed by atoms with Gasteiger partial charge in [-0.15, -0.1) is 0 Å². The van der Waals surface area contributed by atoms with Crippen molar-refractivity contribution in [3.63, 3.8) is 0 Å². The first-order valence-corrected chi connectivity index (χ1v) is 22.8. The molecule has 0 saturated carbocycles. The summed E-state index contributed by atoms with van der Waals surface area (Å²) in [6.07, 6.45) is 37.1. The van der Waals surface area contributed by atoms with Gasteiger partial charge in [0, 0.05) is 12.8 Å². The first kappa shape index (κ1) is 51.5. The highest BCUT2D eigenvalue weighted by Gasteiger charge is 2.27. The molecule has 0 spiro atoms. The number of aliphatic hydroxyl groups excluding tert-OH is 2. The van der Waals surface area contributed by atoms with Crippen LogP contribution in [-0.4, -0.2) is 65.7 Å². The predicted molar refractivity (Wildman–Crippen MR) is 215 cm³/mol. The van der Waals surface area contributed by atoms with Gasteiger partial charge in [0.05, 0.1) is 19.8 Å². The van der Waals surface area contributed by atoms with Crippen molar-refractivity contribution in [1.29, 1.82) is 0 Å². The van der Waals surface area contributed by atoms with Crippen LogP contribution in [0.4, 0.5) is 0 Å². The first-order valence-electron chi connectivity index (χ1n) is 21.3. The van der Waals surface area contributed by atoms with Crippen molar-refractivity contribution in [2.75, 3.05) is 26.4 Å². The Labute approximate surface area is 323 Å². The van der Waals surface area contributed by atoms with E-state index in [1.54, 1.807) is 0 Å². The number of unbranched alkanes of at least 4 members (excludes halogenated alkanes) is 22. The van der Waals surface area contributed by atoms with Crippen molar-refractivity contribution >= 4 is 19.8 Å².